The Morgan fingerprint density at radius 3 is 2.48 bits per heavy atom. The highest BCUT2D eigenvalue weighted by Gasteiger charge is 2.47. The number of rotatable bonds is 2. The Bertz CT molecular complexity index is 704. The van der Waals surface area contributed by atoms with E-state index in [9.17, 15) is 13.2 Å². The Balaban J connectivity index is 2.07. The molecule has 2 heterocycles. The van der Waals surface area contributed by atoms with Crippen LogP contribution in [0.5, 0.6) is 0 Å². The standard InChI is InChI=1S/C15H17NO4S/c1-10-3-6-12(7-4-10)21(18,19)16-13-8-5-11(2)14(16)9-20-15(13)17/h3-7,13-14H,8-9H2,1-2H3/t13-,14-/m1/s1. The third-order valence-corrected chi connectivity index (χ3v) is 5.99. The Morgan fingerprint density at radius 1 is 1.14 bits per heavy atom. The molecule has 21 heavy (non-hydrogen) atoms. The molecule has 0 radical (unpaired) electrons. The van der Waals surface area contributed by atoms with Crippen LogP contribution in [0.1, 0.15) is 18.9 Å². The highest BCUT2D eigenvalue weighted by molar-refractivity contribution is 7.89. The van der Waals surface area contributed by atoms with Crippen molar-refractivity contribution in [3.63, 3.8) is 0 Å². The average Bonchev–Trinajstić information content (AvgIpc) is 2.45. The van der Waals surface area contributed by atoms with Crippen molar-refractivity contribution in [2.24, 2.45) is 0 Å². The van der Waals surface area contributed by atoms with Crippen LogP contribution in [0, 0.1) is 6.92 Å². The van der Waals surface area contributed by atoms with Gasteiger partial charge in [-0.15, -0.1) is 0 Å². The van der Waals surface area contributed by atoms with Gasteiger partial charge in [0, 0.05) is 0 Å². The molecule has 2 atom stereocenters. The van der Waals surface area contributed by atoms with E-state index in [0.29, 0.717) is 6.42 Å². The monoisotopic (exact) mass is 307 g/mol. The molecule has 0 saturated carbocycles. The molecular formula is C15H17NO4S. The van der Waals surface area contributed by atoms with Crippen LogP contribution in [0.3, 0.4) is 0 Å². The number of carbonyl (C=O) groups excluding carboxylic acids is 1. The van der Waals surface area contributed by atoms with Gasteiger partial charge in [0.05, 0.1) is 10.9 Å². The second-order valence-electron chi connectivity index (χ2n) is 5.49. The van der Waals surface area contributed by atoms with Crippen molar-refractivity contribution < 1.29 is 17.9 Å². The second-order valence-corrected chi connectivity index (χ2v) is 7.34. The molecule has 1 fully saturated rings. The van der Waals surface area contributed by atoms with E-state index >= 15 is 0 Å². The van der Waals surface area contributed by atoms with Gasteiger partial charge in [-0.3, -0.25) is 4.79 Å². The summed E-state index contributed by atoms with van der Waals surface area (Å²) in [5.74, 6) is -0.467. The third kappa shape index (κ3) is 2.28. The molecular weight excluding hydrogens is 290 g/mol. The maximum Gasteiger partial charge on any atom is 0.324 e. The lowest BCUT2D eigenvalue weighted by Gasteiger charge is -2.42. The fourth-order valence-electron chi connectivity index (χ4n) is 2.78. The number of hydrogen-bond acceptors (Lipinski definition) is 4. The summed E-state index contributed by atoms with van der Waals surface area (Å²) in [6.07, 6.45) is 2.29. The van der Waals surface area contributed by atoms with Crippen LogP contribution in [0.25, 0.3) is 0 Å². The van der Waals surface area contributed by atoms with Gasteiger partial charge in [0.2, 0.25) is 10.0 Å². The van der Waals surface area contributed by atoms with Crippen LogP contribution < -0.4 is 0 Å². The number of fused-ring (bicyclic) bond motifs is 2. The minimum Gasteiger partial charge on any atom is -0.462 e. The zero-order chi connectivity index (χ0) is 15.2. The third-order valence-electron chi connectivity index (χ3n) is 4.05. The smallest absolute Gasteiger partial charge is 0.324 e. The Morgan fingerprint density at radius 2 is 1.81 bits per heavy atom. The number of hydrogen-bond donors (Lipinski definition) is 0. The normalized spacial score (nSPS) is 26.2. The molecule has 2 bridgehead atoms. The molecule has 3 rings (SSSR count). The highest BCUT2D eigenvalue weighted by atomic mass is 32.2. The zero-order valence-electron chi connectivity index (χ0n) is 11.9. The minimum absolute atomic E-state index is 0.0861. The maximum atomic E-state index is 12.9. The number of cyclic esters (lactones) is 1. The summed E-state index contributed by atoms with van der Waals surface area (Å²) in [4.78, 5) is 12.1. The van der Waals surface area contributed by atoms with E-state index < -0.39 is 28.1 Å². The van der Waals surface area contributed by atoms with E-state index in [0.717, 1.165) is 11.1 Å². The first-order valence-electron chi connectivity index (χ1n) is 6.85. The second kappa shape index (κ2) is 4.96. The average molecular weight is 307 g/mol. The van der Waals surface area contributed by atoms with E-state index in [4.69, 9.17) is 4.74 Å². The molecule has 1 saturated heterocycles. The fraction of sp³-hybridized carbons (Fsp3) is 0.400. The van der Waals surface area contributed by atoms with Crippen molar-refractivity contribution in [2.75, 3.05) is 6.61 Å². The fourth-order valence-corrected chi connectivity index (χ4v) is 4.58. The molecule has 6 heteroatoms. The first kappa shape index (κ1) is 14.3. The molecule has 0 N–H and O–H groups in total. The van der Waals surface area contributed by atoms with Crippen molar-refractivity contribution in [1.82, 2.24) is 4.31 Å². The molecule has 0 spiro atoms. The Kier molecular flexibility index (Phi) is 3.37. The summed E-state index contributed by atoms with van der Waals surface area (Å²) >= 11 is 0. The van der Waals surface area contributed by atoms with Crippen LogP contribution in [0.15, 0.2) is 40.8 Å². The summed E-state index contributed by atoms with van der Waals surface area (Å²) in [7, 11) is -3.71. The number of morpholine rings is 1. The summed E-state index contributed by atoms with van der Waals surface area (Å²) in [5.41, 5.74) is 1.91. The van der Waals surface area contributed by atoms with Gasteiger partial charge in [0.1, 0.15) is 12.6 Å². The van der Waals surface area contributed by atoms with Crippen molar-refractivity contribution in [2.45, 2.75) is 37.2 Å². The molecule has 0 aliphatic carbocycles. The highest BCUT2D eigenvalue weighted by Crippen LogP contribution is 2.33. The summed E-state index contributed by atoms with van der Waals surface area (Å²) in [6, 6.07) is 5.53. The van der Waals surface area contributed by atoms with Gasteiger partial charge in [-0.05, 0) is 32.4 Å². The van der Waals surface area contributed by atoms with Gasteiger partial charge < -0.3 is 4.74 Å². The SMILES string of the molecule is CC1=CC[C@@H]2C(=O)OC[C@H]1N2S(=O)(=O)c1ccc(C)cc1. The van der Waals surface area contributed by atoms with Crippen LogP contribution in [0.2, 0.25) is 0 Å². The lowest BCUT2D eigenvalue weighted by molar-refractivity contribution is -0.156. The van der Waals surface area contributed by atoms with Crippen molar-refractivity contribution in [1.29, 1.82) is 0 Å². The van der Waals surface area contributed by atoms with Crippen LogP contribution in [-0.4, -0.2) is 37.4 Å². The summed E-state index contributed by atoms with van der Waals surface area (Å²) in [5, 5.41) is 0. The van der Waals surface area contributed by atoms with Gasteiger partial charge >= 0.3 is 5.97 Å². The quantitative estimate of drug-likeness (QED) is 0.615. The number of esters is 1. The Hall–Kier alpha value is -1.66. The number of aryl methyl sites for hydroxylation is 1. The van der Waals surface area contributed by atoms with Gasteiger partial charge in [0.15, 0.2) is 0 Å². The molecule has 1 aromatic carbocycles. The molecule has 2 aliphatic rings. The van der Waals surface area contributed by atoms with E-state index in [1.54, 1.807) is 24.3 Å². The zero-order valence-corrected chi connectivity index (χ0v) is 12.8. The van der Waals surface area contributed by atoms with Crippen LogP contribution >= 0.6 is 0 Å². The van der Waals surface area contributed by atoms with Gasteiger partial charge in [-0.25, -0.2) is 8.42 Å². The Labute approximate surface area is 124 Å². The first-order valence-corrected chi connectivity index (χ1v) is 8.29. The number of nitrogens with zero attached hydrogens (tertiary/aromatic N) is 1. The topological polar surface area (TPSA) is 63.7 Å². The van der Waals surface area contributed by atoms with E-state index in [2.05, 4.69) is 0 Å². The number of benzene rings is 1. The van der Waals surface area contributed by atoms with Gasteiger partial charge in [-0.1, -0.05) is 29.3 Å². The molecule has 1 aromatic rings. The molecule has 0 unspecified atom stereocenters. The molecule has 112 valence electrons. The number of ether oxygens (including phenoxy) is 1. The van der Waals surface area contributed by atoms with Crippen molar-refractivity contribution >= 4 is 16.0 Å². The number of sulfonamides is 1. The number of carbonyl (C=O) groups is 1. The lowest BCUT2D eigenvalue weighted by atomic mass is 9.97. The maximum absolute atomic E-state index is 12.9. The molecule has 0 amide bonds. The minimum atomic E-state index is -3.71. The molecule has 0 aromatic heterocycles. The van der Waals surface area contributed by atoms with E-state index in [1.807, 2.05) is 19.9 Å². The van der Waals surface area contributed by atoms with Gasteiger partial charge in [0.25, 0.3) is 0 Å². The summed E-state index contributed by atoms with van der Waals surface area (Å²) in [6.45, 7) is 3.86. The molecule has 5 nitrogen and oxygen atoms in total. The lowest BCUT2D eigenvalue weighted by Crippen LogP contribution is -2.59. The van der Waals surface area contributed by atoms with Crippen molar-refractivity contribution in [3.05, 3.63) is 41.5 Å². The predicted molar refractivity (Wildman–Crippen MR) is 77.1 cm³/mol. The van der Waals surface area contributed by atoms with Crippen LogP contribution in [0.4, 0.5) is 0 Å². The van der Waals surface area contributed by atoms with Gasteiger partial charge in [-0.2, -0.15) is 4.31 Å². The predicted octanol–water partition coefficient (Wildman–Crippen LogP) is 1.63. The van der Waals surface area contributed by atoms with Crippen LogP contribution in [-0.2, 0) is 19.6 Å². The van der Waals surface area contributed by atoms with Crippen molar-refractivity contribution in [3.8, 4) is 0 Å². The van der Waals surface area contributed by atoms with E-state index in [-0.39, 0.29) is 11.5 Å². The van der Waals surface area contributed by atoms with E-state index in [1.165, 1.54) is 4.31 Å². The largest absolute Gasteiger partial charge is 0.462 e. The molecule has 2 aliphatic heterocycles. The summed E-state index contributed by atoms with van der Waals surface area (Å²) < 4.78 is 32.2. The first-order chi connectivity index (χ1) is 9.91.